The molecule has 1 aromatic carbocycles. The molecule has 0 aliphatic carbocycles. The maximum absolute atomic E-state index is 13.5. The van der Waals surface area contributed by atoms with Gasteiger partial charge in [0.05, 0.1) is 20.5 Å². The van der Waals surface area contributed by atoms with E-state index in [1.165, 1.54) is 6.07 Å². The van der Waals surface area contributed by atoms with Crippen LogP contribution >= 0.6 is 34.5 Å². The quantitative estimate of drug-likeness (QED) is 0.669. The number of amides is 1. The number of non-ortho nitro benzene ring substituents is 1. The van der Waals surface area contributed by atoms with E-state index in [4.69, 9.17) is 23.2 Å². The molecule has 0 aliphatic rings. The average molecular weight is 335 g/mol. The Labute approximate surface area is 126 Å². The molecule has 1 N–H and O–H groups in total. The van der Waals surface area contributed by atoms with Gasteiger partial charge in [0.2, 0.25) is 0 Å². The van der Waals surface area contributed by atoms with Crippen molar-refractivity contribution in [3.05, 3.63) is 54.4 Å². The van der Waals surface area contributed by atoms with E-state index < -0.39 is 16.6 Å². The SMILES string of the molecule is O=C(Nc1cc([N+](=O)[O-])ccc1F)c1cc(Cl)sc1Cl. The topological polar surface area (TPSA) is 72.2 Å². The molecule has 0 spiro atoms. The summed E-state index contributed by atoms with van der Waals surface area (Å²) in [6.45, 7) is 0. The van der Waals surface area contributed by atoms with Crippen LogP contribution in [0.2, 0.25) is 8.67 Å². The van der Waals surface area contributed by atoms with Crippen LogP contribution in [0.5, 0.6) is 0 Å². The normalized spacial score (nSPS) is 10.3. The highest BCUT2D eigenvalue weighted by atomic mass is 35.5. The van der Waals surface area contributed by atoms with Gasteiger partial charge in [-0.15, -0.1) is 11.3 Å². The number of nitro groups is 1. The van der Waals surface area contributed by atoms with Crippen molar-refractivity contribution >= 4 is 51.8 Å². The van der Waals surface area contributed by atoms with Crippen LogP contribution in [0.1, 0.15) is 10.4 Å². The maximum Gasteiger partial charge on any atom is 0.271 e. The van der Waals surface area contributed by atoms with Crippen LogP contribution in [0, 0.1) is 15.9 Å². The summed E-state index contributed by atoms with van der Waals surface area (Å²) in [4.78, 5) is 21.8. The highest BCUT2D eigenvalue weighted by Crippen LogP contribution is 2.32. The Bertz CT molecular complexity index is 705. The van der Waals surface area contributed by atoms with Crippen molar-refractivity contribution in [2.45, 2.75) is 0 Å². The fourth-order valence-electron chi connectivity index (χ4n) is 1.41. The predicted molar refractivity (Wildman–Crippen MR) is 75.3 cm³/mol. The molecule has 5 nitrogen and oxygen atoms in total. The number of nitrogens with one attached hydrogen (secondary N) is 1. The second-order valence-electron chi connectivity index (χ2n) is 3.61. The van der Waals surface area contributed by atoms with Crippen LogP contribution in [-0.4, -0.2) is 10.8 Å². The number of carbonyl (C=O) groups is 1. The summed E-state index contributed by atoms with van der Waals surface area (Å²) in [6.07, 6.45) is 0. The molecular formula is C11H5Cl2FN2O3S. The van der Waals surface area contributed by atoms with E-state index in [0.717, 1.165) is 29.5 Å². The fraction of sp³-hybridized carbons (Fsp3) is 0. The summed E-state index contributed by atoms with van der Waals surface area (Å²) in [5.74, 6) is -1.49. The van der Waals surface area contributed by atoms with E-state index >= 15 is 0 Å². The highest BCUT2D eigenvalue weighted by Gasteiger charge is 2.17. The molecule has 0 saturated carbocycles. The Morgan fingerprint density at radius 3 is 2.60 bits per heavy atom. The first-order valence-electron chi connectivity index (χ1n) is 5.08. The monoisotopic (exact) mass is 334 g/mol. The van der Waals surface area contributed by atoms with Crippen molar-refractivity contribution in [2.24, 2.45) is 0 Å². The molecule has 0 bridgehead atoms. The van der Waals surface area contributed by atoms with Gasteiger partial charge in [-0.25, -0.2) is 4.39 Å². The smallest absolute Gasteiger partial charge is 0.271 e. The maximum atomic E-state index is 13.5. The van der Waals surface area contributed by atoms with Crippen LogP contribution in [-0.2, 0) is 0 Å². The second-order valence-corrected chi connectivity index (χ2v) is 5.90. The summed E-state index contributed by atoms with van der Waals surface area (Å²) >= 11 is 12.5. The van der Waals surface area contributed by atoms with Gasteiger partial charge in [-0.2, -0.15) is 0 Å². The van der Waals surface area contributed by atoms with Crippen molar-refractivity contribution in [3.8, 4) is 0 Å². The summed E-state index contributed by atoms with van der Waals surface area (Å²) < 4.78 is 14.0. The zero-order valence-corrected chi connectivity index (χ0v) is 11.9. The number of thiophene rings is 1. The summed E-state index contributed by atoms with van der Waals surface area (Å²) in [6, 6.07) is 4.16. The Morgan fingerprint density at radius 2 is 2.05 bits per heavy atom. The van der Waals surface area contributed by atoms with Gasteiger partial charge < -0.3 is 5.32 Å². The third-order valence-corrected chi connectivity index (χ3v) is 3.80. The number of carbonyl (C=O) groups excluding carboxylic acids is 1. The predicted octanol–water partition coefficient (Wildman–Crippen LogP) is 4.35. The van der Waals surface area contributed by atoms with Gasteiger partial charge in [-0.05, 0) is 12.1 Å². The number of hydrogen-bond donors (Lipinski definition) is 1. The number of halogens is 3. The molecule has 0 radical (unpaired) electrons. The molecule has 9 heteroatoms. The summed E-state index contributed by atoms with van der Waals surface area (Å²) in [5.41, 5.74) is -0.564. The zero-order chi connectivity index (χ0) is 14.9. The van der Waals surface area contributed by atoms with Crippen LogP contribution in [0.15, 0.2) is 24.3 Å². The van der Waals surface area contributed by atoms with Gasteiger partial charge in [-0.3, -0.25) is 14.9 Å². The third kappa shape index (κ3) is 3.06. The van der Waals surface area contributed by atoms with E-state index in [2.05, 4.69) is 5.32 Å². The van der Waals surface area contributed by atoms with Crippen molar-refractivity contribution in [3.63, 3.8) is 0 Å². The summed E-state index contributed by atoms with van der Waals surface area (Å²) in [7, 11) is 0. The number of nitro benzene ring substituents is 1. The minimum Gasteiger partial charge on any atom is -0.319 e. The lowest BCUT2D eigenvalue weighted by Gasteiger charge is -2.05. The van der Waals surface area contributed by atoms with Gasteiger partial charge in [0.15, 0.2) is 0 Å². The Morgan fingerprint density at radius 1 is 1.35 bits per heavy atom. The minimum absolute atomic E-state index is 0.0765. The number of anilines is 1. The van der Waals surface area contributed by atoms with Gasteiger partial charge in [0, 0.05) is 12.1 Å². The van der Waals surface area contributed by atoms with E-state index in [9.17, 15) is 19.3 Å². The Hall–Kier alpha value is -1.70. The Balaban J connectivity index is 2.30. The van der Waals surface area contributed by atoms with E-state index in [-0.39, 0.29) is 21.3 Å². The molecule has 104 valence electrons. The van der Waals surface area contributed by atoms with Crippen molar-refractivity contribution in [1.82, 2.24) is 0 Å². The summed E-state index contributed by atoms with van der Waals surface area (Å²) in [5, 5.41) is 12.8. The molecule has 0 saturated heterocycles. The van der Waals surface area contributed by atoms with Gasteiger partial charge >= 0.3 is 0 Å². The van der Waals surface area contributed by atoms with Crippen LogP contribution in [0.25, 0.3) is 0 Å². The lowest BCUT2D eigenvalue weighted by Crippen LogP contribution is -2.12. The van der Waals surface area contributed by atoms with Crippen LogP contribution in [0.4, 0.5) is 15.8 Å². The molecule has 0 aliphatic heterocycles. The molecule has 2 rings (SSSR count). The largest absolute Gasteiger partial charge is 0.319 e. The fourth-order valence-corrected chi connectivity index (χ4v) is 2.87. The van der Waals surface area contributed by atoms with Gasteiger partial charge in [0.1, 0.15) is 10.2 Å². The molecule has 2 aromatic rings. The lowest BCUT2D eigenvalue weighted by atomic mass is 10.2. The second kappa shape index (κ2) is 5.74. The van der Waals surface area contributed by atoms with Crippen molar-refractivity contribution in [1.29, 1.82) is 0 Å². The number of benzene rings is 1. The van der Waals surface area contributed by atoms with Crippen LogP contribution in [0.3, 0.4) is 0 Å². The number of hydrogen-bond acceptors (Lipinski definition) is 4. The number of rotatable bonds is 3. The van der Waals surface area contributed by atoms with Crippen molar-refractivity contribution < 1.29 is 14.1 Å². The molecule has 20 heavy (non-hydrogen) atoms. The molecule has 1 amide bonds. The molecule has 0 unspecified atom stereocenters. The van der Waals surface area contributed by atoms with Gasteiger partial charge in [0.25, 0.3) is 11.6 Å². The van der Waals surface area contributed by atoms with E-state index in [0.29, 0.717) is 4.34 Å². The molecule has 1 heterocycles. The number of nitrogens with zero attached hydrogens (tertiary/aromatic N) is 1. The molecule has 1 aromatic heterocycles. The first kappa shape index (κ1) is 14.7. The Kier molecular flexibility index (Phi) is 4.22. The first-order chi connectivity index (χ1) is 9.38. The highest BCUT2D eigenvalue weighted by molar-refractivity contribution is 7.20. The minimum atomic E-state index is -0.790. The standard InChI is InChI=1S/C11H5Cl2FN2O3S/c12-9-4-6(10(13)20-9)11(17)15-8-3-5(16(18)19)1-2-7(8)14/h1-4H,(H,15,17). The molecular weight excluding hydrogens is 330 g/mol. The van der Waals surface area contributed by atoms with E-state index in [1.807, 2.05) is 0 Å². The van der Waals surface area contributed by atoms with Crippen LogP contribution < -0.4 is 5.32 Å². The molecule has 0 fully saturated rings. The molecule has 0 atom stereocenters. The van der Waals surface area contributed by atoms with Crippen molar-refractivity contribution in [2.75, 3.05) is 5.32 Å². The third-order valence-electron chi connectivity index (χ3n) is 2.31. The zero-order valence-electron chi connectivity index (χ0n) is 9.52. The van der Waals surface area contributed by atoms with Gasteiger partial charge in [-0.1, -0.05) is 23.2 Å². The first-order valence-corrected chi connectivity index (χ1v) is 6.66. The lowest BCUT2D eigenvalue weighted by molar-refractivity contribution is -0.384. The van der Waals surface area contributed by atoms with E-state index in [1.54, 1.807) is 0 Å². The average Bonchev–Trinajstić information content (AvgIpc) is 2.71.